The molecule has 1 aliphatic heterocycles. The third-order valence-electron chi connectivity index (χ3n) is 2.56. The number of halogens is 1. The molecule has 86 valence electrons. The largest absolute Gasteiger partial charge is 0.488 e. The minimum Gasteiger partial charge on any atom is -0.488 e. The van der Waals surface area contributed by atoms with Crippen molar-refractivity contribution in [1.29, 1.82) is 0 Å². The number of fused-ring (bicyclic) bond motifs is 3. The zero-order valence-electron chi connectivity index (χ0n) is 8.77. The molecule has 0 spiro atoms. The lowest BCUT2D eigenvalue weighted by atomic mass is 10.1. The molecular weight excluding hydrogens is 225 g/mol. The second-order valence-corrected chi connectivity index (χ2v) is 3.65. The van der Waals surface area contributed by atoms with Gasteiger partial charge in [0, 0.05) is 17.6 Å². The molecular formula is C12H8FNO3. The van der Waals surface area contributed by atoms with Crippen molar-refractivity contribution in [2.45, 2.75) is 0 Å². The highest BCUT2D eigenvalue weighted by Crippen LogP contribution is 2.30. The summed E-state index contributed by atoms with van der Waals surface area (Å²) < 4.78 is 23.4. The molecule has 0 aliphatic carbocycles. The lowest BCUT2D eigenvalue weighted by molar-refractivity contribution is 0.0492. The molecule has 2 heterocycles. The molecule has 3 rings (SSSR count). The number of carbonyl (C=O) groups excluding carboxylic acids is 1. The van der Waals surface area contributed by atoms with Crippen molar-refractivity contribution < 1.29 is 18.7 Å². The number of carbonyl (C=O) groups is 1. The van der Waals surface area contributed by atoms with Crippen molar-refractivity contribution in [3.8, 4) is 5.75 Å². The normalized spacial score (nSPS) is 14.8. The van der Waals surface area contributed by atoms with Crippen LogP contribution in [0.15, 0.2) is 24.4 Å². The summed E-state index contributed by atoms with van der Waals surface area (Å²) in [5, 5.41) is 0.614. The zero-order chi connectivity index (χ0) is 11.8. The Kier molecular flexibility index (Phi) is 2.18. The van der Waals surface area contributed by atoms with Gasteiger partial charge >= 0.3 is 5.97 Å². The SMILES string of the molecule is O=C1OCCOc2c1cnc1cc(F)ccc21. The summed E-state index contributed by atoms with van der Waals surface area (Å²) in [5.41, 5.74) is 0.736. The molecule has 0 atom stereocenters. The summed E-state index contributed by atoms with van der Waals surface area (Å²) in [6.45, 7) is 0.491. The summed E-state index contributed by atoms with van der Waals surface area (Å²) in [4.78, 5) is 15.6. The maximum atomic E-state index is 13.1. The molecule has 0 saturated heterocycles. The molecule has 0 saturated carbocycles. The van der Waals surface area contributed by atoms with E-state index in [-0.39, 0.29) is 24.6 Å². The molecule has 0 radical (unpaired) electrons. The first-order valence-corrected chi connectivity index (χ1v) is 5.14. The number of pyridine rings is 1. The van der Waals surface area contributed by atoms with Crippen molar-refractivity contribution in [2.24, 2.45) is 0 Å². The summed E-state index contributed by atoms with van der Waals surface area (Å²) in [5.74, 6) is -0.421. The predicted molar refractivity (Wildman–Crippen MR) is 57.5 cm³/mol. The van der Waals surface area contributed by atoms with E-state index in [9.17, 15) is 9.18 Å². The quantitative estimate of drug-likeness (QED) is 0.652. The maximum Gasteiger partial charge on any atom is 0.343 e. The van der Waals surface area contributed by atoms with E-state index in [4.69, 9.17) is 9.47 Å². The van der Waals surface area contributed by atoms with Gasteiger partial charge in [-0.15, -0.1) is 0 Å². The Morgan fingerprint density at radius 2 is 2.06 bits per heavy atom. The minimum atomic E-state index is -0.462. The average molecular weight is 233 g/mol. The van der Waals surface area contributed by atoms with E-state index >= 15 is 0 Å². The number of ether oxygens (including phenoxy) is 2. The van der Waals surface area contributed by atoms with Crippen LogP contribution in [0.25, 0.3) is 10.9 Å². The van der Waals surface area contributed by atoms with Crippen LogP contribution in [0.2, 0.25) is 0 Å². The van der Waals surface area contributed by atoms with Gasteiger partial charge in [-0.1, -0.05) is 0 Å². The Morgan fingerprint density at radius 3 is 2.94 bits per heavy atom. The minimum absolute atomic E-state index is 0.205. The van der Waals surface area contributed by atoms with Gasteiger partial charge in [0.2, 0.25) is 0 Å². The number of aromatic nitrogens is 1. The van der Waals surface area contributed by atoms with Gasteiger partial charge in [0.15, 0.2) is 0 Å². The monoisotopic (exact) mass is 233 g/mol. The van der Waals surface area contributed by atoms with Gasteiger partial charge in [0.25, 0.3) is 0 Å². The van der Waals surface area contributed by atoms with Crippen molar-refractivity contribution in [3.05, 3.63) is 35.8 Å². The van der Waals surface area contributed by atoms with Crippen LogP contribution >= 0.6 is 0 Å². The zero-order valence-corrected chi connectivity index (χ0v) is 8.77. The first-order chi connectivity index (χ1) is 8.25. The van der Waals surface area contributed by atoms with Crippen molar-refractivity contribution in [3.63, 3.8) is 0 Å². The summed E-state index contributed by atoms with van der Waals surface area (Å²) >= 11 is 0. The fourth-order valence-electron chi connectivity index (χ4n) is 1.80. The number of esters is 1. The van der Waals surface area contributed by atoms with E-state index in [1.807, 2.05) is 0 Å². The van der Waals surface area contributed by atoms with Gasteiger partial charge in [0.05, 0.1) is 5.52 Å². The van der Waals surface area contributed by atoms with Crippen LogP contribution in [0, 0.1) is 5.82 Å². The van der Waals surface area contributed by atoms with Crippen LogP contribution < -0.4 is 4.74 Å². The van der Waals surface area contributed by atoms with E-state index in [1.165, 1.54) is 18.3 Å². The van der Waals surface area contributed by atoms with Gasteiger partial charge in [-0.2, -0.15) is 0 Å². The number of rotatable bonds is 0. The Morgan fingerprint density at radius 1 is 1.24 bits per heavy atom. The lowest BCUT2D eigenvalue weighted by Gasteiger charge is -2.07. The first-order valence-electron chi connectivity index (χ1n) is 5.14. The highest BCUT2D eigenvalue weighted by atomic mass is 19.1. The number of benzene rings is 1. The molecule has 0 fully saturated rings. The van der Waals surface area contributed by atoms with Gasteiger partial charge in [-0.25, -0.2) is 9.18 Å². The molecule has 1 aliphatic rings. The van der Waals surface area contributed by atoms with Gasteiger partial charge in [-0.05, 0) is 12.1 Å². The molecule has 0 amide bonds. The fraction of sp³-hybridized carbons (Fsp3) is 0.167. The van der Waals surface area contributed by atoms with Crippen LogP contribution in [0.1, 0.15) is 10.4 Å². The summed E-state index contributed by atoms with van der Waals surface area (Å²) in [6, 6.07) is 4.16. The Bertz CT molecular complexity index is 612. The number of hydrogen-bond acceptors (Lipinski definition) is 4. The van der Waals surface area contributed by atoms with E-state index in [2.05, 4.69) is 4.98 Å². The van der Waals surface area contributed by atoms with Gasteiger partial charge < -0.3 is 9.47 Å². The molecule has 1 aromatic heterocycles. The molecule has 1 aromatic carbocycles. The van der Waals surface area contributed by atoms with Crippen LogP contribution in [0.3, 0.4) is 0 Å². The molecule has 0 bridgehead atoms. The van der Waals surface area contributed by atoms with E-state index in [0.717, 1.165) is 0 Å². The lowest BCUT2D eigenvalue weighted by Crippen LogP contribution is -2.05. The number of cyclic esters (lactones) is 1. The second kappa shape index (κ2) is 3.69. The highest BCUT2D eigenvalue weighted by Gasteiger charge is 2.21. The van der Waals surface area contributed by atoms with E-state index in [1.54, 1.807) is 6.07 Å². The summed E-state index contributed by atoms with van der Waals surface area (Å²) in [7, 11) is 0. The van der Waals surface area contributed by atoms with E-state index < -0.39 is 5.97 Å². The van der Waals surface area contributed by atoms with E-state index in [0.29, 0.717) is 16.7 Å². The van der Waals surface area contributed by atoms with Crippen LogP contribution in [0.4, 0.5) is 4.39 Å². The number of hydrogen-bond donors (Lipinski definition) is 0. The average Bonchev–Trinajstić information content (AvgIpc) is 2.51. The van der Waals surface area contributed by atoms with Crippen LogP contribution in [-0.4, -0.2) is 24.2 Å². The molecule has 0 unspecified atom stereocenters. The van der Waals surface area contributed by atoms with Gasteiger partial charge in [0.1, 0.15) is 30.3 Å². The maximum absolute atomic E-state index is 13.1. The standard InChI is InChI=1S/C12H8FNO3/c13-7-1-2-8-10(5-7)14-6-9-11(8)16-3-4-17-12(9)15/h1-2,5-6H,3-4H2. The number of nitrogens with zero attached hydrogens (tertiary/aromatic N) is 1. The van der Waals surface area contributed by atoms with Crippen molar-refractivity contribution >= 4 is 16.9 Å². The van der Waals surface area contributed by atoms with Crippen LogP contribution in [-0.2, 0) is 4.74 Å². The van der Waals surface area contributed by atoms with Crippen molar-refractivity contribution in [1.82, 2.24) is 4.98 Å². The smallest absolute Gasteiger partial charge is 0.343 e. The molecule has 4 nitrogen and oxygen atoms in total. The predicted octanol–water partition coefficient (Wildman–Crippen LogP) is 1.92. The molecule has 0 N–H and O–H groups in total. The third kappa shape index (κ3) is 1.60. The summed E-state index contributed by atoms with van der Waals surface area (Å²) in [6.07, 6.45) is 1.35. The Hall–Kier alpha value is -2.17. The second-order valence-electron chi connectivity index (χ2n) is 3.65. The third-order valence-corrected chi connectivity index (χ3v) is 2.56. The van der Waals surface area contributed by atoms with Crippen molar-refractivity contribution in [2.75, 3.05) is 13.2 Å². The Balaban J connectivity index is 2.31. The highest BCUT2D eigenvalue weighted by molar-refractivity contribution is 5.99. The first kappa shape index (κ1) is 10.0. The molecule has 2 aromatic rings. The molecule has 17 heavy (non-hydrogen) atoms. The topological polar surface area (TPSA) is 48.4 Å². The van der Waals surface area contributed by atoms with Gasteiger partial charge in [-0.3, -0.25) is 4.98 Å². The van der Waals surface area contributed by atoms with Crippen LogP contribution in [0.5, 0.6) is 5.75 Å². The fourth-order valence-corrected chi connectivity index (χ4v) is 1.80. The Labute approximate surface area is 96.0 Å². The molecule has 5 heteroatoms.